The van der Waals surface area contributed by atoms with E-state index < -0.39 is 5.82 Å². The molecule has 19 heavy (non-hydrogen) atoms. The van der Waals surface area contributed by atoms with E-state index in [0.29, 0.717) is 12.1 Å². The minimum Gasteiger partial charge on any atom is -0.352 e. The van der Waals surface area contributed by atoms with E-state index in [4.69, 9.17) is 0 Å². The molecule has 2 aromatic rings. The number of thiophene rings is 1. The fraction of sp³-hybridized carbons (Fsp3) is 0.154. The maximum atomic E-state index is 13.3. The Morgan fingerprint density at radius 3 is 2.74 bits per heavy atom. The molecule has 0 fully saturated rings. The minimum absolute atomic E-state index is 0.200. The predicted octanol–water partition coefficient (Wildman–Crippen LogP) is 4.38. The first-order valence-corrected chi connectivity index (χ1v) is 7.94. The van der Waals surface area contributed by atoms with Crippen LogP contribution in [0.1, 0.15) is 15.2 Å². The van der Waals surface area contributed by atoms with Crippen LogP contribution < -0.4 is 5.32 Å². The molecule has 0 aliphatic carbocycles. The summed E-state index contributed by atoms with van der Waals surface area (Å²) in [5, 5.41) is 2.78. The van der Waals surface area contributed by atoms with Crippen molar-refractivity contribution in [3.63, 3.8) is 0 Å². The topological polar surface area (TPSA) is 29.1 Å². The van der Waals surface area contributed by atoms with Gasteiger partial charge in [0.25, 0.3) is 5.91 Å². The third kappa shape index (κ3) is 3.87. The lowest BCUT2D eigenvalue weighted by molar-refractivity contribution is 0.0953. The van der Waals surface area contributed by atoms with Gasteiger partial charge in [-0.3, -0.25) is 4.79 Å². The molecule has 0 bridgehead atoms. The minimum atomic E-state index is -0.435. The summed E-state index contributed by atoms with van der Waals surface area (Å²) in [5.74, 6) is -0.711. The summed E-state index contributed by atoms with van der Waals surface area (Å²) in [6.07, 6.45) is 0.759. The average molecular weight is 407 g/mol. The Balaban J connectivity index is 1.93. The molecule has 1 aromatic heterocycles. The second kappa shape index (κ2) is 6.63. The van der Waals surface area contributed by atoms with Gasteiger partial charge in [0.05, 0.1) is 13.8 Å². The second-order valence-corrected chi connectivity index (χ2v) is 7.15. The molecule has 1 aromatic carbocycles. The lowest BCUT2D eigenvalue weighted by Crippen LogP contribution is -2.26. The Bertz CT molecular complexity index is 600. The van der Waals surface area contributed by atoms with Crippen molar-refractivity contribution in [3.8, 4) is 0 Å². The summed E-state index contributed by atoms with van der Waals surface area (Å²) in [4.78, 5) is 13.1. The van der Waals surface area contributed by atoms with Crippen molar-refractivity contribution in [2.75, 3.05) is 6.54 Å². The molecule has 1 amide bonds. The zero-order valence-corrected chi connectivity index (χ0v) is 13.7. The summed E-state index contributed by atoms with van der Waals surface area (Å²) < 4.78 is 14.6. The number of halogens is 3. The quantitative estimate of drug-likeness (QED) is 0.801. The van der Waals surface area contributed by atoms with Crippen molar-refractivity contribution < 1.29 is 9.18 Å². The molecule has 0 aliphatic rings. The third-order valence-electron chi connectivity index (χ3n) is 2.48. The van der Waals surface area contributed by atoms with Crippen LogP contribution in [-0.4, -0.2) is 12.5 Å². The molecule has 100 valence electrons. The van der Waals surface area contributed by atoms with E-state index in [-0.39, 0.29) is 10.4 Å². The molecule has 1 N–H and O–H groups in total. The Morgan fingerprint density at radius 2 is 2.05 bits per heavy atom. The van der Waals surface area contributed by atoms with Gasteiger partial charge in [-0.25, -0.2) is 4.39 Å². The summed E-state index contributed by atoms with van der Waals surface area (Å²) in [6, 6.07) is 8.41. The van der Waals surface area contributed by atoms with Gasteiger partial charge in [0, 0.05) is 11.4 Å². The van der Waals surface area contributed by atoms with Crippen molar-refractivity contribution in [2.45, 2.75) is 6.42 Å². The maximum absolute atomic E-state index is 13.3. The lowest BCUT2D eigenvalue weighted by Gasteiger charge is -2.06. The van der Waals surface area contributed by atoms with Crippen LogP contribution in [0.3, 0.4) is 0 Å². The highest BCUT2D eigenvalue weighted by molar-refractivity contribution is 9.11. The molecule has 2 nitrogen and oxygen atoms in total. The van der Waals surface area contributed by atoms with Crippen LogP contribution in [0, 0.1) is 5.82 Å². The number of amides is 1. The molecular weight excluding hydrogens is 397 g/mol. The molecule has 0 aliphatic heterocycles. The Morgan fingerprint density at radius 1 is 1.26 bits per heavy atom. The van der Waals surface area contributed by atoms with Gasteiger partial charge in [0.2, 0.25) is 0 Å². The van der Waals surface area contributed by atoms with Gasteiger partial charge >= 0.3 is 0 Å². The van der Waals surface area contributed by atoms with Crippen LogP contribution in [0.2, 0.25) is 0 Å². The number of hydrogen-bond donors (Lipinski definition) is 1. The van der Waals surface area contributed by atoms with Crippen LogP contribution in [0.4, 0.5) is 4.39 Å². The smallest absolute Gasteiger partial charge is 0.252 e. The van der Waals surface area contributed by atoms with Crippen molar-refractivity contribution in [1.29, 1.82) is 0 Å². The van der Waals surface area contributed by atoms with E-state index >= 15 is 0 Å². The van der Waals surface area contributed by atoms with E-state index in [1.54, 1.807) is 17.4 Å². The van der Waals surface area contributed by atoms with Crippen molar-refractivity contribution >= 4 is 49.1 Å². The van der Waals surface area contributed by atoms with Crippen LogP contribution in [0.5, 0.6) is 0 Å². The van der Waals surface area contributed by atoms with Crippen LogP contribution in [0.25, 0.3) is 0 Å². The molecule has 1 heterocycles. The first-order valence-electron chi connectivity index (χ1n) is 5.54. The Labute approximate surface area is 131 Å². The highest BCUT2D eigenvalue weighted by Gasteiger charge is 2.12. The first kappa shape index (κ1) is 14.7. The predicted molar refractivity (Wildman–Crippen MR) is 82.2 cm³/mol. The Kier molecular flexibility index (Phi) is 5.13. The van der Waals surface area contributed by atoms with Gasteiger partial charge in [-0.1, -0.05) is 6.07 Å². The van der Waals surface area contributed by atoms with E-state index in [9.17, 15) is 9.18 Å². The van der Waals surface area contributed by atoms with Crippen LogP contribution >= 0.6 is 43.2 Å². The monoisotopic (exact) mass is 405 g/mol. The summed E-state index contributed by atoms with van der Waals surface area (Å²) in [5.41, 5.74) is 0.312. The SMILES string of the molecule is O=C(NCCc1ccc(Br)s1)c1cccc(F)c1Br. The van der Waals surface area contributed by atoms with Crippen LogP contribution in [0.15, 0.2) is 38.6 Å². The zero-order valence-electron chi connectivity index (χ0n) is 9.75. The van der Waals surface area contributed by atoms with Gasteiger partial charge in [0.15, 0.2) is 0 Å². The fourth-order valence-electron chi connectivity index (χ4n) is 1.56. The summed E-state index contributed by atoms with van der Waals surface area (Å²) in [7, 11) is 0. The number of hydrogen-bond acceptors (Lipinski definition) is 2. The number of carbonyl (C=O) groups is 1. The highest BCUT2D eigenvalue weighted by atomic mass is 79.9. The Hall–Kier alpha value is -0.720. The molecular formula is C13H10Br2FNOS. The standard InChI is InChI=1S/C13H10Br2FNOS/c14-11-5-4-8(19-11)6-7-17-13(18)9-2-1-3-10(16)12(9)15/h1-5H,6-7H2,(H,17,18). The maximum Gasteiger partial charge on any atom is 0.252 e. The number of nitrogens with one attached hydrogen (secondary N) is 1. The molecule has 0 atom stereocenters. The first-order chi connectivity index (χ1) is 9.08. The molecule has 0 saturated heterocycles. The summed E-state index contributed by atoms with van der Waals surface area (Å²) in [6.45, 7) is 0.523. The van der Waals surface area contributed by atoms with Gasteiger partial charge in [-0.2, -0.15) is 0 Å². The van der Waals surface area contributed by atoms with Crippen molar-refractivity contribution in [2.24, 2.45) is 0 Å². The van der Waals surface area contributed by atoms with Crippen LogP contribution in [-0.2, 0) is 6.42 Å². The largest absolute Gasteiger partial charge is 0.352 e. The normalized spacial score (nSPS) is 10.5. The highest BCUT2D eigenvalue weighted by Crippen LogP contribution is 2.22. The van der Waals surface area contributed by atoms with E-state index in [1.807, 2.05) is 12.1 Å². The number of carbonyl (C=O) groups excluding carboxylic acids is 1. The van der Waals surface area contributed by atoms with Gasteiger partial charge in [-0.15, -0.1) is 11.3 Å². The number of benzene rings is 1. The molecule has 0 saturated carbocycles. The summed E-state index contributed by atoms with van der Waals surface area (Å²) >= 11 is 8.11. The fourth-order valence-corrected chi connectivity index (χ4v) is 3.49. The van der Waals surface area contributed by atoms with Gasteiger partial charge in [0.1, 0.15) is 5.82 Å². The van der Waals surface area contributed by atoms with Gasteiger partial charge < -0.3 is 5.32 Å². The molecule has 6 heteroatoms. The number of rotatable bonds is 4. The molecule has 2 rings (SSSR count). The zero-order chi connectivity index (χ0) is 13.8. The van der Waals surface area contributed by atoms with Crippen molar-refractivity contribution in [3.05, 3.63) is 54.8 Å². The molecule has 0 unspecified atom stereocenters. The second-order valence-electron chi connectivity index (χ2n) is 3.81. The van der Waals surface area contributed by atoms with E-state index in [2.05, 4.69) is 37.2 Å². The van der Waals surface area contributed by atoms with E-state index in [1.165, 1.54) is 17.0 Å². The third-order valence-corrected chi connectivity index (χ3v) is 4.97. The van der Waals surface area contributed by atoms with E-state index in [0.717, 1.165) is 10.2 Å². The molecule has 0 spiro atoms. The van der Waals surface area contributed by atoms with Crippen molar-refractivity contribution in [1.82, 2.24) is 5.32 Å². The lowest BCUT2D eigenvalue weighted by atomic mass is 10.2. The average Bonchev–Trinajstić information content (AvgIpc) is 2.78. The van der Waals surface area contributed by atoms with Gasteiger partial charge in [-0.05, 0) is 62.5 Å². The molecule has 0 radical (unpaired) electrons.